The van der Waals surface area contributed by atoms with Gasteiger partial charge in [-0.15, -0.1) is 5.10 Å². The van der Waals surface area contributed by atoms with Gasteiger partial charge in [0.25, 0.3) is 0 Å². The Morgan fingerprint density at radius 2 is 1.76 bits per heavy atom. The van der Waals surface area contributed by atoms with Crippen LogP contribution in [0.25, 0.3) is 0 Å². The van der Waals surface area contributed by atoms with E-state index >= 15 is 0 Å². The summed E-state index contributed by atoms with van der Waals surface area (Å²) in [5.74, 6) is 1.55. The van der Waals surface area contributed by atoms with Gasteiger partial charge in [-0.05, 0) is 60.4 Å². The normalized spacial score (nSPS) is 19.5. The van der Waals surface area contributed by atoms with Crippen LogP contribution in [0, 0.1) is 11.3 Å². The standard InChI is InChI=1S/C26H35N5O2/c1-26(2,3)17-24(32)30-14-10-20(11-15-30)19-6-8-22(9-7-19)28-25(33)21-12-16-31(18-21)23-5-4-13-27-29-23/h4-9,13,20-21H,10-12,14-18H2,1-3H3,(H,28,33)/t21-/m0/s1. The number of likely N-dealkylation sites (tertiary alicyclic amines) is 1. The van der Waals surface area contributed by atoms with Gasteiger partial charge in [-0.2, -0.15) is 5.10 Å². The molecule has 1 aromatic carbocycles. The fourth-order valence-corrected chi connectivity index (χ4v) is 4.76. The van der Waals surface area contributed by atoms with Gasteiger partial charge in [-0.3, -0.25) is 9.59 Å². The fourth-order valence-electron chi connectivity index (χ4n) is 4.76. The maximum absolute atomic E-state index is 12.8. The summed E-state index contributed by atoms with van der Waals surface area (Å²) < 4.78 is 0. The van der Waals surface area contributed by atoms with Gasteiger partial charge in [-0.25, -0.2) is 0 Å². The molecular weight excluding hydrogens is 414 g/mol. The molecule has 176 valence electrons. The van der Waals surface area contributed by atoms with E-state index in [-0.39, 0.29) is 23.1 Å². The molecule has 7 heteroatoms. The zero-order valence-corrected chi connectivity index (χ0v) is 20.0. The highest BCUT2D eigenvalue weighted by molar-refractivity contribution is 5.93. The Labute approximate surface area is 196 Å². The largest absolute Gasteiger partial charge is 0.354 e. The lowest BCUT2D eigenvalue weighted by Crippen LogP contribution is -2.39. The van der Waals surface area contributed by atoms with E-state index in [1.165, 1.54) is 5.56 Å². The quantitative estimate of drug-likeness (QED) is 0.744. The number of hydrogen-bond acceptors (Lipinski definition) is 5. The number of nitrogens with one attached hydrogen (secondary N) is 1. The third-order valence-corrected chi connectivity index (χ3v) is 6.62. The Bertz CT molecular complexity index is 947. The van der Waals surface area contributed by atoms with Crippen LogP contribution in [-0.2, 0) is 9.59 Å². The summed E-state index contributed by atoms with van der Waals surface area (Å²) in [5.41, 5.74) is 2.14. The maximum Gasteiger partial charge on any atom is 0.229 e. The van der Waals surface area contributed by atoms with E-state index in [9.17, 15) is 9.59 Å². The first kappa shape index (κ1) is 23.2. The molecule has 2 aromatic rings. The SMILES string of the molecule is CC(C)(C)CC(=O)N1CCC(c2ccc(NC(=O)[C@H]3CCN(c4cccnn4)C3)cc2)CC1. The lowest BCUT2D eigenvalue weighted by Gasteiger charge is -2.34. The summed E-state index contributed by atoms with van der Waals surface area (Å²) in [5, 5.41) is 11.1. The third kappa shape index (κ3) is 6.09. The number of amides is 2. The van der Waals surface area contributed by atoms with Gasteiger partial charge >= 0.3 is 0 Å². The fraction of sp³-hybridized carbons (Fsp3) is 0.538. The van der Waals surface area contributed by atoms with E-state index in [4.69, 9.17) is 0 Å². The third-order valence-electron chi connectivity index (χ3n) is 6.62. The summed E-state index contributed by atoms with van der Waals surface area (Å²) in [6.07, 6.45) is 5.05. The predicted octanol–water partition coefficient (Wildman–Crippen LogP) is 4.08. The Hall–Kier alpha value is -2.96. The van der Waals surface area contributed by atoms with Crippen LogP contribution >= 0.6 is 0 Å². The summed E-state index contributed by atoms with van der Waals surface area (Å²) in [4.78, 5) is 29.4. The van der Waals surface area contributed by atoms with E-state index in [0.29, 0.717) is 18.9 Å². The maximum atomic E-state index is 12.8. The second-order valence-corrected chi connectivity index (χ2v) is 10.5. The zero-order chi connectivity index (χ0) is 23.4. The molecule has 0 bridgehead atoms. The molecule has 2 fully saturated rings. The average Bonchev–Trinajstić information content (AvgIpc) is 3.30. The number of carbonyl (C=O) groups is 2. The lowest BCUT2D eigenvalue weighted by molar-refractivity contribution is -0.134. The van der Waals surface area contributed by atoms with Crippen molar-refractivity contribution >= 4 is 23.3 Å². The van der Waals surface area contributed by atoms with Crippen molar-refractivity contribution in [3.63, 3.8) is 0 Å². The van der Waals surface area contributed by atoms with Crippen molar-refractivity contribution in [3.05, 3.63) is 48.2 Å². The molecule has 3 heterocycles. The number of rotatable bonds is 5. The van der Waals surface area contributed by atoms with E-state index < -0.39 is 0 Å². The Kier molecular flexibility index (Phi) is 6.96. The highest BCUT2D eigenvalue weighted by atomic mass is 16.2. The van der Waals surface area contributed by atoms with E-state index in [1.54, 1.807) is 6.20 Å². The zero-order valence-electron chi connectivity index (χ0n) is 20.0. The molecule has 0 unspecified atom stereocenters. The molecule has 2 saturated heterocycles. The first-order chi connectivity index (χ1) is 15.8. The predicted molar refractivity (Wildman–Crippen MR) is 130 cm³/mol. The topological polar surface area (TPSA) is 78.4 Å². The summed E-state index contributed by atoms with van der Waals surface area (Å²) >= 11 is 0. The van der Waals surface area contributed by atoms with Crippen molar-refractivity contribution in [2.45, 2.75) is 52.4 Å². The van der Waals surface area contributed by atoms with Crippen LogP contribution in [-0.4, -0.2) is 53.1 Å². The van der Waals surface area contributed by atoms with Crippen LogP contribution in [0.1, 0.15) is 57.9 Å². The number of hydrogen-bond donors (Lipinski definition) is 1. The molecule has 2 aliphatic rings. The first-order valence-electron chi connectivity index (χ1n) is 12.0. The van der Waals surface area contributed by atoms with Crippen LogP contribution < -0.4 is 10.2 Å². The van der Waals surface area contributed by atoms with Crippen LogP contribution in [0.15, 0.2) is 42.6 Å². The van der Waals surface area contributed by atoms with Gasteiger partial charge < -0.3 is 15.1 Å². The summed E-state index contributed by atoms with van der Waals surface area (Å²) in [6.45, 7) is 9.45. The van der Waals surface area contributed by atoms with Gasteiger partial charge in [0.1, 0.15) is 0 Å². The molecule has 1 aromatic heterocycles. The van der Waals surface area contributed by atoms with Gasteiger partial charge in [0.05, 0.1) is 5.92 Å². The minimum absolute atomic E-state index is 0.0284. The lowest BCUT2D eigenvalue weighted by atomic mass is 9.87. The highest BCUT2D eigenvalue weighted by Gasteiger charge is 2.30. The van der Waals surface area contributed by atoms with Crippen LogP contribution in [0.5, 0.6) is 0 Å². The van der Waals surface area contributed by atoms with E-state index in [0.717, 1.165) is 50.4 Å². The number of piperidine rings is 1. The first-order valence-corrected chi connectivity index (χ1v) is 12.0. The highest BCUT2D eigenvalue weighted by Crippen LogP contribution is 2.30. The molecule has 4 rings (SSSR count). The monoisotopic (exact) mass is 449 g/mol. The number of benzene rings is 1. The Balaban J connectivity index is 1.26. The van der Waals surface area contributed by atoms with E-state index in [1.807, 2.05) is 29.2 Å². The van der Waals surface area contributed by atoms with E-state index in [2.05, 4.69) is 53.3 Å². The van der Waals surface area contributed by atoms with Crippen LogP contribution in [0.4, 0.5) is 11.5 Å². The number of aromatic nitrogens is 2. The Morgan fingerprint density at radius 1 is 1.03 bits per heavy atom. The molecule has 0 aliphatic carbocycles. The number of carbonyl (C=O) groups excluding carboxylic acids is 2. The molecule has 2 aliphatic heterocycles. The van der Waals surface area contributed by atoms with Crippen molar-refractivity contribution in [1.29, 1.82) is 0 Å². The summed E-state index contributed by atoms with van der Waals surface area (Å²) in [7, 11) is 0. The van der Waals surface area contributed by atoms with Crippen molar-refractivity contribution in [1.82, 2.24) is 15.1 Å². The minimum atomic E-state index is -0.0540. The van der Waals surface area contributed by atoms with Crippen molar-refractivity contribution in [3.8, 4) is 0 Å². The second kappa shape index (κ2) is 9.89. The van der Waals surface area contributed by atoms with Crippen LogP contribution in [0.2, 0.25) is 0 Å². The molecule has 2 amide bonds. The molecule has 0 spiro atoms. The smallest absolute Gasteiger partial charge is 0.229 e. The van der Waals surface area contributed by atoms with Gasteiger partial charge in [0, 0.05) is 44.5 Å². The van der Waals surface area contributed by atoms with Crippen molar-refractivity contribution < 1.29 is 9.59 Å². The van der Waals surface area contributed by atoms with Crippen molar-refractivity contribution in [2.24, 2.45) is 11.3 Å². The minimum Gasteiger partial charge on any atom is -0.354 e. The molecule has 33 heavy (non-hydrogen) atoms. The molecule has 1 N–H and O–H groups in total. The number of anilines is 2. The second-order valence-electron chi connectivity index (χ2n) is 10.5. The molecular formula is C26H35N5O2. The molecule has 7 nitrogen and oxygen atoms in total. The van der Waals surface area contributed by atoms with Crippen LogP contribution in [0.3, 0.4) is 0 Å². The number of nitrogens with zero attached hydrogens (tertiary/aromatic N) is 4. The van der Waals surface area contributed by atoms with Gasteiger partial charge in [0.15, 0.2) is 5.82 Å². The average molecular weight is 450 g/mol. The molecule has 1 atom stereocenters. The van der Waals surface area contributed by atoms with Crippen molar-refractivity contribution in [2.75, 3.05) is 36.4 Å². The van der Waals surface area contributed by atoms with Gasteiger partial charge in [-0.1, -0.05) is 32.9 Å². The summed E-state index contributed by atoms with van der Waals surface area (Å²) in [6, 6.07) is 12.0. The van der Waals surface area contributed by atoms with Gasteiger partial charge in [0.2, 0.25) is 11.8 Å². The molecule has 0 saturated carbocycles. The molecule has 0 radical (unpaired) electrons. The Morgan fingerprint density at radius 3 is 2.39 bits per heavy atom.